The Labute approximate surface area is 79.5 Å². The van der Waals surface area contributed by atoms with Gasteiger partial charge in [-0.25, -0.2) is 0 Å². The first-order valence-corrected chi connectivity index (χ1v) is 4.37. The Morgan fingerprint density at radius 3 is 2.15 bits per heavy atom. The van der Waals surface area contributed by atoms with Gasteiger partial charge in [0.15, 0.2) is 0 Å². The van der Waals surface area contributed by atoms with Gasteiger partial charge in [-0.1, -0.05) is 13.8 Å². The molecule has 0 saturated carbocycles. The van der Waals surface area contributed by atoms with Gasteiger partial charge in [0.05, 0.1) is 5.54 Å². The minimum Gasteiger partial charge on any atom is -0.396 e. The molecule has 0 rings (SSSR count). The van der Waals surface area contributed by atoms with Crippen molar-refractivity contribution in [2.45, 2.75) is 33.2 Å². The van der Waals surface area contributed by atoms with E-state index in [1.807, 2.05) is 13.8 Å². The number of carbonyl (C=O) groups is 1. The smallest absolute Gasteiger partial charge is 0.237 e. The Morgan fingerprint density at radius 2 is 1.85 bits per heavy atom. The Hall–Kier alpha value is -0.610. The lowest BCUT2D eigenvalue weighted by Crippen LogP contribution is -2.53. The van der Waals surface area contributed by atoms with E-state index >= 15 is 0 Å². The third-order valence-electron chi connectivity index (χ3n) is 2.05. The van der Waals surface area contributed by atoms with Crippen molar-refractivity contribution in [3.63, 3.8) is 0 Å². The highest BCUT2D eigenvalue weighted by Gasteiger charge is 2.27. The highest BCUT2D eigenvalue weighted by atomic mass is 16.3. The van der Waals surface area contributed by atoms with Crippen LogP contribution in [0.5, 0.6) is 0 Å². The third kappa shape index (κ3) is 4.24. The van der Waals surface area contributed by atoms with E-state index in [0.29, 0.717) is 6.54 Å². The Balaban J connectivity index is 4.09. The molecule has 0 aliphatic rings. The molecule has 4 N–H and O–H groups in total. The van der Waals surface area contributed by atoms with E-state index in [9.17, 15) is 4.79 Å². The van der Waals surface area contributed by atoms with Gasteiger partial charge in [-0.15, -0.1) is 0 Å². The predicted octanol–water partition coefficient (Wildman–Crippen LogP) is -0.142. The van der Waals surface area contributed by atoms with Crippen molar-refractivity contribution in [3.8, 4) is 0 Å². The molecule has 0 aromatic heterocycles. The number of nitrogens with one attached hydrogen (secondary N) is 1. The molecule has 0 spiro atoms. The Kier molecular flexibility index (Phi) is 3.88. The monoisotopic (exact) mass is 188 g/mol. The molecule has 0 fully saturated rings. The van der Waals surface area contributed by atoms with E-state index in [0.717, 1.165) is 0 Å². The fourth-order valence-electron chi connectivity index (χ4n) is 0.603. The first-order chi connectivity index (χ1) is 5.71. The number of carbonyl (C=O) groups excluding carboxylic acids is 1. The van der Waals surface area contributed by atoms with Gasteiger partial charge < -0.3 is 16.2 Å². The van der Waals surface area contributed by atoms with Crippen LogP contribution in [0.25, 0.3) is 0 Å². The van der Waals surface area contributed by atoms with E-state index in [4.69, 9.17) is 10.8 Å². The normalized spacial score (nSPS) is 13.0. The average Bonchev–Trinajstić information content (AvgIpc) is 2.01. The molecular weight excluding hydrogens is 168 g/mol. The summed E-state index contributed by atoms with van der Waals surface area (Å²) in [6.07, 6.45) is 0. The molecule has 0 aromatic carbocycles. The summed E-state index contributed by atoms with van der Waals surface area (Å²) in [5.74, 6) is -0.388. The summed E-state index contributed by atoms with van der Waals surface area (Å²) >= 11 is 0. The number of aliphatic hydroxyl groups excluding tert-OH is 1. The summed E-state index contributed by atoms with van der Waals surface area (Å²) in [7, 11) is 0. The number of hydrogen-bond acceptors (Lipinski definition) is 3. The second-order valence-corrected chi connectivity index (χ2v) is 4.67. The van der Waals surface area contributed by atoms with Crippen LogP contribution in [-0.4, -0.2) is 29.7 Å². The molecule has 4 heteroatoms. The maximum Gasteiger partial charge on any atom is 0.237 e. The molecule has 4 nitrogen and oxygen atoms in total. The largest absolute Gasteiger partial charge is 0.396 e. The van der Waals surface area contributed by atoms with Gasteiger partial charge in [0.25, 0.3) is 0 Å². The lowest BCUT2D eigenvalue weighted by atomic mass is 9.93. The summed E-state index contributed by atoms with van der Waals surface area (Å²) in [6.45, 7) is 7.91. The van der Waals surface area contributed by atoms with Crippen molar-refractivity contribution in [1.82, 2.24) is 5.32 Å². The number of amides is 1. The zero-order valence-electron chi connectivity index (χ0n) is 8.85. The van der Waals surface area contributed by atoms with Crippen LogP contribution in [-0.2, 0) is 4.79 Å². The van der Waals surface area contributed by atoms with Crippen LogP contribution in [0.1, 0.15) is 27.7 Å². The van der Waals surface area contributed by atoms with Crippen molar-refractivity contribution >= 4 is 5.91 Å². The Bertz CT molecular complexity index is 188. The number of nitrogens with two attached hydrogens (primary N) is 1. The van der Waals surface area contributed by atoms with Crippen LogP contribution >= 0.6 is 0 Å². The van der Waals surface area contributed by atoms with E-state index in [1.165, 1.54) is 0 Å². The van der Waals surface area contributed by atoms with Crippen molar-refractivity contribution in [2.75, 3.05) is 13.2 Å². The lowest BCUT2D eigenvalue weighted by molar-refractivity contribution is -0.123. The van der Waals surface area contributed by atoms with Crippen LogP contribution < -0.4 is 11.1 Å². The molecule has 0 unspecified atom stereocenters. The summed E-state index contributed by atoms with van der Waals surface area (Å²) in [5, 5.41) is 12.0. The molecular formula is C9H20N2O2. The van der Waals surface area contributed by atoms with Gasteiger partial charge in [0.1, 0.15) is 0 Å². The zero-order chi connectivity index (χ0) is 10.7. The fraction of sp³-hybridized carbons (Fsp3) is 0.889. The number of aliphatic hydroxyl groups is 1. The van der Waals surface area contributed by atoms with E-state index in [1.54, 1.807) is 13.8 Å². The standard InChI is InChI=1S/C9H20N2O2/c1-8(2,6-12)5-11-9(3,4)7(10)13/h11-12H,5-6H2,1-4H3,(H2,10,13). The van der Waals surface area contributed by atoms with Crippen molar-refractivity contribution in [3.05, 3.63) is 0 Å². The summed E-state index contributed by atoms with van der Waals surface area (Å²) < 4.78 is 0. The van der Waals surface area contributed by atoms with Gasteiger partial charge >= 0.3 is 0 Å². The van der Waals surface area contributed by atoms with Gasteiger partial charge in [-0.3, -0.25) is 4.79 Å². The highest BCUT2D eigenvalue weighted by Crippen LogP contribution is 2.13. The molecule has 78 valence electrons. The first-order valence-electron chi connectivity index (χ1n) is 4.37. The van der Waals surface area contributed by atoms with Crippen LogP contribution in [0.3, 0.4) is 0 Å². The van der Waals surface area contributed by atoms with E-state index in [-0.39, 0.29) is 17.9 Å². The number of rotatable bonds is 5. The van der Waals surface area contributed by atoms with E-state index in [2.05, 4.69) is 5.32 Å². The van der Waals surface area contributed by atoms with Gasteiger partial charge in [-0.05, 0) is 13.8 Å². The topological polar surface area (TPSA) is 75.3 Å². The molecule has 0 radical (unpaired) electrons. The minimum absolute atomic E-state index is 0.0782. The van der Waals surface area contributed by atoms with Crippen molar-refractivity contribution in [2.24, 2.45) is 11.1 Å². The fourth-order valence-corrected chi connectivity index (χ4v) is 0.603. The Morgan fingerprint density at radius 1 is 1.38 bits per heavy atom. The van der Waals surface area contributed by atoms with Crippen LogP contribution in [0.15, 0.2) is 0 Å². The number of primary amides is 1. The van der Waals surface area contributed by atoms with Crippen LogP contribution in [0.2, 0.25) is 0 Å². The van der Waals surface area contributed by atoms with Crippen molar-refractivity contribution in [1.29, 1.82) is 0 Å². The van der Waals surface area contributed by atoms with Crippen LogP contribution in [0, 0.1) is 5.41 Å². The molecule has 0 saturated heterocycles. The number of hydrogen-bond donors (Lipinski definition) is 3. The van der Waals surface area contributed by atoms with E-state index < -0.39 is 5.54 Å². The van der Waals surface area contributed by atoms with Crippen molar-refractivity contribution < 1.29 is 9.90 Å². The third-order valence-corrected chi connectivity index (χ3v) is 2.05. The molecule has 0 bridgehead atoms. The zero-order valence-corrected chi connectivity index (χ0v) is 8.85. The van der Waals surface area contributed by atoms with Crippen LogP contribution in [0.4, 0.5) is 0 Å². The molecule has 0 aliphatic heterocycles. The first kappa shape index (κ1) is 12.4. The van der Waals surface area contributed by atoms with Gasteiger partial charge in [0, 0.05) is 18.6 Å². The second kappa shape index (κ2) is 4.07. The molecule has 0 aromatic rings. The maximum absolute atomic E-state index is 10.9. The summed E-state index contributed by atoms with van der Waals surface area (Å²) in [5.41, 5.74) is 4.23. The molecule has 13 heavy (non-hydrogen) atoms. The summed E-state index contributed by atoms with van der Waals surface area (Å²) in [6, 6.07) is 0. The van der Waals surface area contributed by atoms with Gasteiger partial charge in [-0.2, -0.15) is 0 Å². The van der Waals surface area contributed by atoms with Gasteiger partial charge in [0.2, 0.25) is 5.91 Å². The average molecular weight is 188 g/mol. The maximum atomic E-state index is 10.9. The predicted molar refractivity (Wildman–Crippen MR) is 52.1 cm³/mol. The minimum atomic E-state index is -0.716. The summed E-state index contributed by atoms with van der Waals surface area (Å²) in [4.78, 5) is 10.9. The molecule has 0 atom stereocenters. The lowest BCUT2D eigenvalue weighted by Gasteiger charge is -2.29. The molecule has 0 heterocycles. The second-order valence-electron chi connectivity index (χ2n) is 4.67. The SMILES string of the molecule is CC(C)(CO)CNC(C)(C)C(N)=O. The molecule has 1 amide bonds. The highest BCUT2D eigenvalue weighted by molar-refractivity contribution is 5.83. The molecule has 0 aliphatic carbocycles. The quantitative estimate of drug-likeness (QED) is 0.562.